The van der Waals surface area contributed by atoms with E-state index in [1.54, 1.807) is 0 Å². The van der Waals surface area contributed by atoms with Crippen molar-refractivity contribution < 1.29 is 9.53 Å². The number of ether oxygens (including phenoxy) is 1. The van der Waals surface area contributed by atoms with Gasteiger partial charge in [-0.25, -0.2) is 0 Å². The zero-order valence-electron chi connectivity index (χ0n) is 13.7. The van der Waals surface area contributed by atoms with Crippen molar-refractivity contribution in [3.8, 4) is 5.75 Å². The van der Waals surface area contributed by atoms with Crippen LogP contribution in [0.5, 0.6) is 5.75 Å². The Labute approximate surface area is 151 Å². The molecule has 0 bridgehead atoms. The van der Waals surface area contributed by atoms with E-state index < -0.39 is 0 Å². The molecule has 0 radical (unpaired) electrons. The summed E-state index contributed by atoms with van der Waals surface area (Å²) in [6.45, 7) is 3.77. The summed E-state index contributed by atoms with van der Waals surface area (Å²) in [5.41, 5.74) is 1.70. The van der Waals surface area contributed by atoms with Gasteiger partial charge in [-0.1, -0.05) is 40.2 Å². The largest absolute Gasteiger partial charge is 0.488 e. The van der Waals surface area contributed by atoms with E-state index in [1.807, 2.05) is 53.4 Å². The first-order chi connectivity index (χ1) is 11.6. The molecule has 1 aliphatic heterocycles. The van der Waals surface area contributed by atoms with Crippen molar-refractivity contribution >= 4 is 21.8 Å². The second-order valence-corrected chi connectivity index (χ2v) is 6.93. The molecule has 5 heteroatoms. The molecule has 0 aliphatic carbocycles. The van der Waals surface area contributed by atoms with Crippen LogP contribution in [0.2, 0.25) is 0 Å². The monoisotopic (exact) mass is 388 g/mol. The zero-order chi connectivity index (χ0) is 16.9. The normalized spacial score (nSPS) is 15.3. The van der Waals surface area contributed by atoms with Crippen LogP contribution in [0, 0.1) is 0 Å². The van der Waals surface area contributed by atoms with Crippen LogP contribution in [0.1, 0.15) is 15.9 Å². The van der Waals surface area contributed by atoms with Gasteiger partial charge in [0.2, 0.25) is 0 Å². The summed E-state index contributed by atoms with van der Waals surface area (Å²) >= 11 is 3.46. The topological polar surface area (TPSA) is 32.8 Å². The Balaban J connectivity index is 1.71. The molecule has 4 nitrogen and oxygen atoms in total. The highest BCUT2D eigenvalue weighted by molar-refractivity contribution is 9.10. The van der Waals surface area contributed by atoms with Crippen LogP contribution >= 0.6 is 15.9 Å². The summed E-state index contributed by atoms with van der Waals surface area (Å²) in [4.78, 5) is 17.0. The Morgan fingerprint density at radius 2 is 1.83 bits per heavy atom. The number of carbonyl (C=O) groups excluding carboxylic acids is 1. The van der Waals surface area contributed by atoms with Crippen LogP contribution in [-0.2, 0) is 6.61 Å². The Bertz CT molecular complexity index is 712. The second-order valence-electron chi connectivity index (χ2n) is 6.01. The van der Waals surface area contributed by atoms with Gasteiger partial charge in [-0.05, 0) is 36.9 Å². The average molecular weight is 389 g/mol. The average Bonchev–Trinajstić information content (AvgIpc) is 2.60. The fourth-order valence-electron chi connectivity index (χ4n) is 2.74. The maximum Gasteiger partial charge on any atom is 0.257 e. The summed E-state index contributed by atoms with van der Waals surface area (Å²) in [6.07, 6.45) is 0. The second kappa shape index (κ2) is 7.81. The molecule has 1 aliphatic rings. The van der Waals surface area contributed by atoms with Gasteiger partial charge in [0.25, 0.3) is 5.91 Å². The molecule has 2 aromatic carbocycles. The minimum atomic E-state index is 0.0490. The molecule has 0 N–H and O–H groups in total. The molecule has 0 spiro atoms. The lowest BCUT2D eigenvalue weighted by Gasteiger charge is -2.32. The molecule has 0 unspecified atom stereocenters. The number of piperazine rings is 1. The van der Waals surface area contributed by atoms with E-state index in [2.05, 4.69) is 27.9 Å². The fourth-order valence-corrected chi connectivity index (χ4v) is 3.18. The van der Waals surface area contributed by atoms with Gasteiger partial charge >= 0.3 is 0 Å². The fraction of sp³-hybridized carbons (Fsp3) is 0.316. The SMILES string of the molecule is CN1CCN(C(=O)c2ccccc2OCc2cccc(Br)c2)CC1. The number of hydrogen-bond donors (Lipinski definition) is 0. The summed E-state index contributed by atoms with van der Waals surface area (Å²) in [5.74, 6) is 0.689. The van der Waals surface area contributed by atoms with E-state index in [-0.39, 0.29) is 5.91 Å². The molecule has 24 heavy (non-hydrogen) atoms. The van der Waals surface area contributed by atoms with Crippen LogP contribution in [-0.4, -0.2) is 48.9 Å². The highest BCUT2D eigenvalue weighted by atomic mass is 79.9. The number of benzene rings is 2. The minimum absolute atomic E-state index is 0.0490. The third-order valence-electron chi connectivity index (χ3n) is 4.19. The number of para-hydroxylation sites is 1. The number of nitrogens with zero attached hydrogens (tertiary/aromatic N) is 2. The first kappa shape index (κ1) is 17.0. The van der Waals surface area contributed by atoms with E-state index in [1.165, 1.54) is 0 Å². The van der Waals surface area contributed by atoms with Crippen molar-refractivity contribution in [3.63, 3.8) is 0 Å². The van der Waals surface area contributed by atoms with Crippen molar-refractivity contribution in [1.29, 1.82) is 0 Å². The Morgan fingerprint density at radius 3 is 2.58 bits per heavy atom. The molecule has 1 saturated heterocycles. The number of amides is 1. The number of hydrogen-bond acceptors (Lipinski definition) is 3. The van der Waals surface area contributed by atoms with Gasteiger partial charge in [0.15, 0.2) is 0 Å². The molecule has 2 aromatic rings. The lowest BCUT2D eigenvalue weighted by Crippen LogP contribution is -2.47. The van der Waals surface area contributed by atoms with Crippen molar-refractivity contribution in [1.82, 2.24) is 9.80 Å². The van der Waals surface area contributed by atoms with E-state index in [4.69, 9.17) is 4.74 Å². The molecule has 1 heterocycles. The molecular weight excluding hydrogens is 368 g/mol. The highest BCUT2D eigenvalue weighted by Gasteiger charge is 2.22. The Kier molecular flexibility index (Phi) is 5.53. The smallest absolute Gasteiger partial charge is 0.257 e. The molecule has 126 valence electrons. The number of likely N-dealkylation sites (N-methyl/N-ethyl adjacent to an activating group) is 1. The zero-order valence-corrected chi connectivity index (χ0v) is 15.3. The number of carbonyl (C=O) groups is 1. The predicted octanol–water partition coefficient (Wildman–Crippen LogP) is 3.42. The predicted molar refractivity (Wildman–Crippen MR) is 98.3 cm³/mol. The maximum atomic E-state index is 12.8. The summed E-state index contributed by atoms with van der Waals surface area (Å²) in [7, 11) is 2.08. The number of rotatable bonds is 4. The Morgan fingerprint density at radius 1 is 1.08 bits per heavy atom. The van der Waals surface area contributed by atoms with Gasteiger partial charge in [0.1, 0.15) is 12.4 Å². The van der Waals surface area contributed by atoms with Crippen molar-refractivity contribution in [2.45, 2.75) is 6.61 Å². The van der Waals surface area contributed by atoms with E-state index in [9.17, 15) is 4.79 Å². The van der Waals surface area contributed by atoms with E-state index in [0.29, 0.717) is 17.9 Å². The summed E-state index contributed by atoms with van der Waals surface area (Å²) in [6, 6.07) is 15.5. The van der Waals surface area contributed by atoms with Crippen LogP contribution in [0.4, 0.5) is 0 Å². The third kappa shape index (κ3) is 4.16. The molecule has 1 fully saturated rings. The van der Waals surface area contributed by atoms with Crippen molar-refractivity contribution in [2.75, 3.05) is 33.2 Å². The Hall–Kier alpha value is -1.85. The van der Waals surface area contributed by atoms with Crippen LogP contribution in [0.15, 0.2) is 53.0 Å². The highest BCUT2D eigenvalue weighted by Crippen LogP contribution is 2.22. The van der Waals surface area contributed by atoms with E-state index >= 15 is 0 Å². The quantitative estimate of drug-likeness (QED) is 0.804. The van der Waals surface area contributed by atoms with Crippen LogP contribution < -0.4 is 4.74 Å². The first-order valence-electron chi connectivity index (χ1n) is 8.07. The number of halogens is 1. The maximum absolute atomic E-state index is 12.8. The van der Waals surface area contributed by atoms with Gasteiger partial charge in [-0.2, -0.15) is 0 Å². The van der Waals surface area contributed by atoms with Gasteiger partial charge in [0.05, 0.1) is 5.56 Å². The lowest BCUT2D eigenvalue weighted by molar-refractivity contribution is 0.0659. The first-order valence-corrected chi connectivity index (χ1v) is 8.87. The van der Waals surface area contributed by atoms with Gasteiger partial charge in [-0.3, -0.25) is 4.79 Å². The summed E-state index contributed by atoms with van der Waals surface area (Å²) < 4.78 is 6.95. The molecule has 0 atom stereocenters. The molecule has 0 saturated carbocycles. The molecule has 3 rings (SSSR count). The standard InChI is InChI=1S/C19H21BrN2O2/c1-21-9-11-22(12-10-21)19(23)17-7-2-3-8-18(17)24-14-15-5-4-6-16(20)13-15/h2-8,13H,9-12,14H2,1H3. The minimum Gasteiger partial charge on any atom is -0.488 e. The van der Waals surface area contributed by atoms with Crippen LogP contribution in [0.3, 0.4) is 0 Å². The van der Waals surface area contributed by atoms with Crippen molar-refractivity contribution in [2.24, 2.45) is 0 Å². The summed E-state index contributed by atoms with van der Waals surface area (Å²) in [5, 5.41) is 0. The van der Waals surface area contributed by atoms with E-state index in [0.717, 1.165) is 36.2 Å². The third-order valence-corrected chi connectivity index (χ3v) is 4.68. The van der Waals surface area contributed by atoms with Gasteiger partial charge in [-0.15, -0.1) is 0 Å². The lowest BCUT2D eigenvalue weighted by atomic mass is 10.1. The molecule has 0 aromatic heterocycles. The van der Waals surface area contributed by atoms with Crippen molar-refractivity contribution in [3.05, 3.63) is 64.1 Å². The molecule has 1 amide bonds. The van der Waals surface area contributed by atoms with Gasteiger partial charge in [0, 0.05) is 30.7 Å². The van der Waals surface area contributed by atoms with Gasteiger partial charge < -0.3 is 14.5 Å². The molecular formula is C19H21BrN2O2. The van der Waals surface area contributed by atoms with Crippen LogP contribution in [0.25, 0.3) is 0 Å².